The van der Waals surface area contributed by atoms with Crippen LogP contribution in [0.25, 0.3) is 11.3 Å². The number of carbonyl (C=O) groups excluding carboxylic acids is 1. The van der Waals surface area contributed by atoms with E-state index in [9.17, 15) is 4.79 Å². The summed E-state index contributed by atoms with van der Waals surface area (Å²) in [5.41, 5.74) is 1.71. The second-order valence-electron chi connectivity index (χ2n) is 5.53. The summed E-state index contributed by atoms with van der Waals surface area (Å²) in [7, 11) is 0. The topological polar surface area (TPSA) is 49.0 Å². The number of amides is 1. The molecule has 0 spiro atoms. The molecule has 2 aromatic rings. The number of hydrogen-bond acceptors (Lipinski definition) is 2. The van der Waals surface area contributed by atoms with Crippen LogP contribution in [0.4, 0.5) is 0 Å². The third-order valence-corrected chi connectivity index (χ3v) is 4.23. The van der Waals surface area contributed by atoms with Crippen molar-refractivity contribution < 1.29 is 4.79 Å². The average Bonchev–Trinajstić information content (AvgIpc) is 2.99. The van der Waals surface area contributed by atoms with E-state index in [1.807, 2.05) is 41.4 Å². The molecule has 104 valence electrons. The number of rotatable bonds is 3. The van der Waals surface area contributed by atoms with Gasteiger partial charge in [-0.25, -0.2) is 4.98 Å². The summed E-state index contributed by atoms with van der Waals surface area (Å²) in [4.78, 5) is 21.2. The van der Waals surface area contributed by atoms with E-state index >= 15 is 0 Å². The van der Waals surface area contributed by atoms with Gasteiger partial charge in [-0.05, 0) is 26.2 Å². The maximum atomic E-state index is 11.3. The predicted octanol–water partition coefficient (Wildman–Crippen LogP) is 2.93. The van der Waals surface area contributed by atoms with Crippen molar-refractivity contribution in [3.05, 3.63) is 42.4 Å². The predicted molar refractivity (Wildman–Crippen MR) is 78.0 cm³/mol. The zero-order valence-corrected chi connectivity index (χ0v) is 11.7. The first-order chi connectivity index (χ1) is 9.74. The Morgan fingerprint density at radius 3 is 2.85 bits per heavy atom. The van der Waals surface area contributed by atoms with Gasteiger partial charge in [0.05, 0.1) is 11.2 Å². The van der Waals surface area contributed by atoms with Gasteiger partial charge in [-0.15, -0.1) is 0 Å². The van der Waals surface area contributed by atoms with Gasteiger partial charge in [-0.2, -0.15) is 0 Å². The van der Waals surface area contributed by atoms with Crippen molar-refractivity contribution >= 4 is 6.41 Å². The maximum absolute atomic E-state index is 11.3. The number of benzene rings is 1. The van der Waals surface area contributed by atoms with E-state index in [1.54, 1.807) is 0 Å². The van der Waals surface area contributed by atoms with E-state index in [2.05, 4.69) is 11.9 Å². The fourth-order valence-electron chi connectivity index (χ4n) is 2.92. The molecule has 20 heavy (non-hydrogen) atoms. The van der Waals surface area contributed by atoms with Crippen LogP contribution in [-0.2, 0) is 10.3 Å². The number of imidazole rings is 1. The molecule has 0 aliphatic carbocycles. The Morgan fingerprint density at radius 1 is 1.30 bits per heavy atom. The highest BCUT2D eigenvalue weighted by Crippen LogP contribution is 2.35. The number of nitrogens with one attached hydrogen (secondary N) is 1. The van der Waals surface area contributed by atoms with Crippen molar-refractivity contribution in [1.29, 1.82) is 0 Å². The molecule has 1 amide bonds. The molecule has 0 unspecified atom stereocenters. The van der Waals surface area contributed by atoms with Gasteiger partial charge in [0.25, 0.3) is 0 Å². The number of piperidine rings is 1. The molecule has 3 rings (SSSR count). The van der Waals surface area contributed by atoms with Crippen LogP contribution in [0.2, 0.25) is 0 Å². The molecule has 1 N–H and O–H groups in total. The minimum Gasteiger partial charge on any atom is -0.346 e. The Bertz CT molecular complexity index is 593. The highest BCUT2D eigenvalue weighted by Gasteiger charge is 2.37. The van der Waals surface area contributed by atoms with Gasteiger partial charge in [0.1, 0.15) is 5.82 Å². The van der Waals surface area contributed by atoms with E-state index in [4.69, 9.17) is 4.98 Å². The number of nitrogens with zero attached hydrogens (tertiary/aromatic N) is 2. The standard InChI is InChI=1S/C16H19N3O/c1-16(9-5-6-10-19(16)12-20)15-17-11-14(18-15)13-7-3-2-4-8-13/h2-4,7-8,11-12H,5-6,9-10H2,1H3,(H,17,18)/t16-/m0/s1. The van der Waals surface area contributed by atoms with Crippen LogP contribution in [0.15, 0.2) is 36.5 Å². The SMILES string of the molecule is C[C@@]1(c2nc(-c3ccccc3)c[nH]2)CCCCN1C=O. The van der Waals surface area contributed by atoms with Crippen LogP contribution in [0, 0.1) is 0 Å². The van der Waals surface area contributed by atoms with Gasteiger partial charge in [0, 0.05) is 18.3 Å². The number of hydrogen-bond donors (Lipinski definition) is 1. The molecule has 1 aliphatic heterocycles. The Kier molecular flexibility index (Phi) is 3.30. The van der Waals surface area contributed by atoms with Crippen LogP contribution in [-0.4, -0.2) is 27.8 Å². The Balaban J connectivity index is 1.95. The summed E-state index contributed by atoms with van der Waals surface area (Å²) >= 11 is 0. The number of carbonyl (C=O) groups is 1. The Hall–Kier alpha value is -2.10. The van der Waals surface area contributed by atoms with Gasteiger partial charge >= 0.3 is 0 Å². The van der Waals surface area contributed by atoms with E-state index in [0.717, 1.165) is 49.3 Å². The first-order valence-corrected chi connectivity index (χ1v) is 7.07. The number of aromatic nitrogens is 2. The Morgan fingerprint density at radius 2 is 2.10 bits per heavy atom. The first kappa shape index (κ1) is 12.9. The fourth-order valence-corrected chi connectivity index (χ4v) is 2.92. The van der Waals surface area contributed by atoms with Crippen molar-refractivity contribution in [3.8, 4) is 11.3 Å². The van der Waals surface area contributed by atoms with Crippen molar-refractivity contribution in [3.63, 3.8) is 0 Å². The first-order valence-electron chi connectivity index (χ1n) is 7.07. The van der Waals surface area contributed by atoms with Crippen LogP contribution in [0.3, 0.4) is 0 Å². The number of aromatic amines is 1. The summed E-state index contributed by atoms with van der Waals surface area (Å²) in [5, 5.41) is 0. The van der Waals surface area contributed by atoms with Crippen LogP contribution in [0.5, 0.6) is 0 Å². The molecule has 0 radical (unpaired) electrons. The van der Waals surface area contributed by atoms with Crippen molar-refractivity contribution in [2.24, 2.45) is 0 Å². The molecule has 1 aromatic heterocycles. The molecule has 1 fully saturated rings. The third-order valence-electron chi connectivity index (χ3n) is 4.23. The highest BCUT2D eigenvalue weighted by molar-refractivity contribution is 5.58. The van der Waals surface area contributed by atoms with Crippen molar-refractivity contribution in [2.45, 2.75) is 31.7 Å². The lowest BCUT2D eigenvalue weighted by Gasteiger charge is -2.41. The van der Waals surface area contributed by atoms with Gasteiger partial charge < -0.3 is 9.88 Å². The molecular weight excluding hydrogens is 250 g/mol. The summed E-state index contributed by atoms with van der Waals surface area (Å²) in [5.74, 6) is 0.878. The fraction of sp³-hybridized carbons (Fsp3) is 0.375. The molecule has 1 aromatic carbocycles. The minimum absolute atomic E-state index is 0.312. The van der Waals surface area contributed by atoms with E-state index in [0.29, 0.717) is 0 Å². The second-order valence-corrected chi connectivity index (χ2v) is 5.53. The lowest BCUT2D eigenvalue weighted by molar-refractivity contribution is -0.126. The number of likely N-dealkylation sites (tertiary alicyclic amines) is 1. The van der Waals surface area contributed by atoms with Crippen LogP contribution >= 0.6 is 0 Å². The second kappa shape index (κ2) is 5.12. The van der Waals surface area contributed by atoms with Gasteiger partial charge in [-0.1, -0.05) is 30.3 Å². The van der Waals surface area contributed by atoms with E-state index < -0.39 is 0 Å². The summed E-state index contributed by atoms with van der Waals surface area (Å²) in [6, 6.07) is 10.1. The summed E-state index contributed by atoms with van der Waals surface area (Å²) in [6.07, 6.45) is 6.02. The molecule has 4 heteroatoms. The molecule has 0 saturated carbocycles. The average molecular weight is 269 g/mol. The normalized spacial score (nSPS) is 22.8. The van der Waals surface area contributed by atoms with Gasteiger partial charge in [0.15, 0.2) is 0 Å². The molecule has 0 bridgehead atoms. The zero-order valence-electron chi connectivity index (χ0n) is 11.7. The largest absolute Gasteiger partial charge is 0.346 e. The molecule has 2 heterocycles. The van der Waals surface area contributed by atoms with Crippen LogP contribution in [0.1, 0.15) is 32.0 Å². The smallest absolute Gasteiger partial charge is 0.210 e. The third kappa shape index (κ3) is 2.11. The quantitative estimate of drug-likeness (QED) is 0.871. The lowest BCUT2D eigenvalue weighted by Crippen LogP contribution is -2.47. The molecule has 1 saturated heterocycles. The maximum Gasteiger partial charge on any atom is 0.210 e. The molecule has 1 aliphatic rings. The molecular formula is C16H19N3O. The Labute approximate surface area is 118 Å². The van der Waals surface area contributed by atoms with Crippen molar-refractivity contribution in [2.75, 3.05) is 6.54 Å². The summed E-state index contributed by atoms with van der Waals surface area (Å²) < 4.78 is 0. The molecule has 4 nitrogen and oxygen atoms in total. The van der Waals surface area contributed by atoms with E-state index in [1.165, 1.54) is 0 Å². The highest BCUT2D eigenvalue weighted by atomic mass is 16.1. The lowest BCUT2D eigenvalue weighted by atomic mass is 9.88. The van der Waals surface area contributed by atoms with Crippen molar-refractivity contribution in [1.82, 2.24) is 14.9 Å². The monoisotopic (exact) mass is 269 g/mol. The van der Waals surface area contributed by atoms with E-state index in [-0.39, 0.29) is 5.54 Å². The van der Waals surface area contributed by atoms with Gasteiger partial charge in [0.2, 0.25) is 6.41 Å². The zero-order chi connectivity index (χ0) is 14.0. The minimum atomic E-state index is -0.312. The van der Waals surface area contributed by atoms with Crippen LogP contribution < -0.4 is 0 Å². The number of H-pyrrole nitrogens is 1. The van der Waals surface area contributed by atoms with Gasteiger partial charge in [-0.3, -0.25) is 4.79 Å². The molecule has 1 atom stereocenters. The summed E-state index contributed by atoms with van der Waals surface area (Å²) in [6.45, 7) is 2.90.